The Labute approximate surface area is 122 Å². The van der Waals surface area contributed by atoms with Crippen LogP contribution in [0.5, 0.6) is 0 Å². The van der Waals surface area contributed by atoms with Gasteiger partial charge in [0.15, 0.2) is 5.78 Å². The molecule has 0 aromatic heterocycles. The van der Waals surface area contributed by atoms with E-state index in [9.17, 15) is 9.18 Å². The van der Waals surface area contributed by atoms with Crippen LogP contribution in [0.15, 0.2) is 18.2 Å². The number of fused-ring (bicyclic) bond motifs is 1. The maximum Gasteiger partial charge on any atom is 0.167 e. The Balaban J connectivity index is 1.66. The van der Waals surface area contributed by atoms with Crippen LogP contribution in [0.4, 0.5) is 4.39 Å². The van der Waals surface area contributed by atoms with Crippen LogP contribution < -0.4 is 0 Å². The van der Waals surface area contributed by atoms with E-state index in [-0.39, 0.29) is 17.2 Å². The zero-order valence-corrected chi connectivity index (χ0v) is 11.9. The van der Waals surface area contributed by atoms with Crippen molar-refractivity contribution in [1.29, 1.82) is 0 Å². The number of carbonyl (C=O) groups is 1. The zero-order valence-electron chi connectivity index (χ0n) is 11.1. The van der Waals surface area contributed by atoms with Crippen LogP contribution in [0.25, 0.3) is 0 Å². The number of Topliss-reactive ketones (excluding diaryl/α,β-unsaturated/α-hetero) is 1. The van der Waals surface area contributed by atoms with Crippen molar-refractivity contribution in [3.63, 3.8) is 0 Å². The van der Waals surface area contributed by atoms with Gasteiger partial charge in [-0.25, -0.2) is 4.39 Å². The lowest BCUT2D eigenvalue weighted by molar-refractivity contribution is -0.137. The fraction of sp³-hybridized carbons (Fsp3) is 0.533. The number of ketones is 1. The van der Waals surface area contributed by atoms with E-state index < -0.39 is 11.9 Å². The van der Waals surface area contributed by atoms with E-state index in [2.05, 4.69) is 4.90 Å². The lowest BCUT2D eigenvalue weighted by Crippen LogP contribution is -2.49. The Morgan fingerprint density at radius 3 is 3.20 bits per heavy atom. The molecule has 2 fully saturated rings. The van der Waals surface area contributed by atoms with E-state index in [0.717, 1.165) is 13.0 Å². The van der Waals surface area contributed by atoms with Gasteiger partial charge in [0, 0.05) is 19.0 Å². The van der Waals surface area contributed by atoms with Crippen LogP contribution >= 0.6 is 11.6 Å². The first-order chi connectivity index (χ1) is 9.65. The van der Waals surface area contributed by atoms with Crippen molar-refractivity contribution < 1.29 is 13.9 Å². The van der Waals surface area contributed by atoms with E-state index >= 15 is 0 Å². The van der Waals surface area contributed by atoms with Crippen molar-refractivity contribution in [2.75, 3.05) is 19.7 Å². The molecule has 20 heavy (non-hydrogen) atoms. The van der Waals surface area contributed by atoms with Crippen LogP contribution in [0, 0.1) is 5.82 Å². The molecule has 0 bridgehead atoms. The van der Waals surface area contributed by atoms with Crippen LogP contribution in [0.2, 0.25) is 5.02 Å². The summed E-state index contributed by atoms with van der Waals surface area (Å²) in [5.74, 6) is -0.510. The summed E-state index contributed by atoms with van der Waals surface area (Å²) in [6.45, 7) is 2.31. The largest absolute Gasteiger partial charge is 0.367 e. The van der Waals surface area contributed by atoms with E-state index in [1.807, 2.05) is 0 Å². The summed E-state index contributed by atoms with van der Waals surface area (Å²) in [5.41, 5.74) is 0.531. The number of morpholine rings is 1. The average Bonchev–Trinajstić information content (AvgIpc) is 2.91. The Hall–Kier alpha value is -0.970. The molecular formula is C15H17ClFNO2. The minimum Gasteiger partial charge on any atom is -0.367 e. The molecule has 2 heterocycles. The van der Waals surface area contributed by atoms with Crippen molar-refractivity contribution in [1.82, 2.24) is 4.90 Å². The first-order valence-corrected chi connectivity index (χ1v) is 7.34. The summed E-state index contributed by atoms with van der Waals surface area (Å²) in [4.78, 5) is 14.6. The number of carbonyl (C=O) groups excluding carboxylic acids is 1. The molecule has 2 aliphatic rings. The van der Waals surface area contributed by atoms with Crippen molar-refractivity contribution >= 4 is 17.4 Å². The summed E-state index contributed by atoms with van der Waals surface area (Å²) < 4.78 is 19.0. The van der Waals surface area contributed by atoms with E-state index in [1.165, 1.54) is 12.5 Å². The number of ether oxygens (including phenoxy) is 1. The molecule has 0 saturated carbocycles. The highest BCUT2D eigenvalue weighted by Crippen LogP contribution is 2.25. The molecule has 2 atom stereocenters. The number of hydrogen-bond donors (Lipinski definition) is 0. The van der Waals surface area contributed by atoms with Gasteiger partial charge in [0.1, 0.15) is 11.9 Å². The fourth-order valence-corrected chi connectivity index (χ4v) is 3.19. The summed E-state index contributed by atoms with van der Waals surface area (Å²) in [6.07, 6.45) is 2.03. The third kappa shape index (κ3) is 2.73. The number of nitrogens with zero attached hydrogens (tertiary/aromatic N) is 1. The molecule has 3 nitrogen and oxygen atoms in total. The monoisotopic (exact) mass is 297 g/mol. The fourth-order valence-electron chi connectivity index (χ4n) is 3.00. The third-order valence-corrected chi connectivity index (χ3v) is 4.57. The van der Waals surface area contributed by atoms with E-state index in [0.29, 0.717) is 24.8 Å². The molecule has 0 radical (unpaired) electrons. The molecule has 1 aromatic carbocycles. The van der Waals surface area contributed by atoms with Gasteiger partial charge in [0.2, 0.25) is 0 Å². The number of hydrogen-bond acceptors (Lipinski definition) is 3. The maximum absolute atomic E-state index is 13.4. The van der Waals surface area contributed by atoms with Crippen molar-refractivity contribution in [2.24, 2.45) is 0 Å². The van der Waals surface area contributed by atoms with Gasteiger partial charge < -0.3 is 4.74 Å². The van der Waals surface area contributed by atoms with Gasteiger partial charge in [-0.1, -0.05) is 23.7 Å². The predicted octanol–water partition coefficient (Wildman–Crippen LogP) is 2.45. The number of benzene rings is 1. The Bertz CT molecular complexity index is 523. The first kappa shape index (κ1) is 14.0. The molecule has 2 aliphatic heterocycles. The number of rotatable bonds is 3. The lowest BCUT2D eigenvalue weighted by Gasteiger charge is -2.34. The minimum atomic E-state index is -0.485. The van der Waals surface area contributed by atoms with Gasteiger partial charge in [-0.3, -0.25) is 9.69 Å². The van der Waals surface area contributed by atoms with Crippen molar-refractivity contribution in [2.45, 2.75) is 31.4 Å². The van der Waals surface area contributed by atoms with Gasteiger partial charge >= 0.3 is 0 Å². The smallest absolute Gasteiger partial charge is 0.167 e. The van der Waals surface area contributed by atoms with Gasteiger partial charge in [-0.15, -0.1) is 0 Å². The highest BCUT2D eigenvalue weighted by atomic mass is 35.5. The molecule has 0 aliphatic carbocycles. The third-order valence-electron chi connectivity index (χ3n) is 4.14. The van der Waals surface area contributed by atoms with Gasteiger partial charge in [0.25, 0.3) is 0 Å². The minimum absolute atomic E-state index is 0.0251. The SMILES string of the molecule is O=C(Cc1cccc(F)c1Cl)C1CN2CCCC2CO1. The molecule has 0 amide bonds. The highest BCUT2D eigenvalue weighted by molar-refractivity contribution is 6.31. The Morgan fingerprint density at radius 1 is 1.50 bits per heavy atom. The topological polar surface area (TPSA) is 29.5 Å². The summed E-state index contributed by atoms with van der Waals surface area (Å²) in [6, 6.07) is 5.02. The Kier molecular flexibility index (Phi) is 4.06. The average molecular weight is 298 g/mol. The van der Waals surface area contributed by atoms with Gasteiger partial charge in [-0.05, 0) is 31.0 Å². The van der Waals surface area contributed by atoms with Crippen LogP contribution in [0.1, 0.15) is 18.4 Å². The molecule has 2 unspecified atom stereocenters. The zero-order chi connectivity index (χ0) is 14.1. The highest BCUT2D eigenvalue weighted by Gasteiger charge is 2.35. The van der Waals surface area contributed by atoms with Crippen molar-refractivity contribution in [3.8, 4) is 0 Å². The lowest BCUT2D eigenvalue weighted by atomic mass is 10.0. The molecular weight excluding hydrogens is 281 g/mol. The normalized spacial score (nSPS) is 26.5. The second kappa shape index (κ2) is 5.80. The molecule has 5 heteroatoms. The number of halogens is 2. The van der Waals surface area contributed by atoms with E-state index in [1.54, 1.807) is 12.1 Å². The van der Waals surface area contributed by atoms with Crippen LogP contribution in [-0.4, -0.2) is 42.5 Å². The van der Waals surface area contributed by atoms with Crippen LogP contribution in [-0.2, 0) is 16.0 Å². The van der Waals surface area contributed by atoms with Crippen molar-refractivity contribution in [3.05, 3.63) is 34.6 Å². The van der Waals surface area contributed by atoms with Gasteiger partial charge in [-0.2, -0.15) is 0 Å². The molecule has 108 valence electrons. The summed E-state index contributed by atoms with van der Waals surface area (Å²) in [5, 5.41) is 0.0377. The van der Waals surface area contributed by atoms with Gasteiger partial charge in [0.05, 0.1) is 11.6 Å². The van der Waals surface area contributed by atoms with E-state index in [4.69, 9.17) is 16.3 Å². The maximum atomic E-state index is 13.4. The molecule has 3 rings (SSSR count). The van der Waals surface area contributed by atoms with Crippen LogP contribution in [0.3, 0.4) is 0 Å². The molecule has 0 spiro atoms. The standard InChI is InChI=1S/C15H17ClFNO2/c16-15-10(3-1-5-12(15)17)7-13(19)14-8-18-6-2-4-11(18)9-20-14/h1,3,5,11,14H,2,4,6-9H2. The molecule has 1 aromatic rings. The second-order valence-electron chi connectivity index (χ2n) is 5.47. The quantitative estimate of drug-likeness (QED) is 0.858. The second-order valence-corrected chi connectivity index (χ2v) is 5.85. The molecule has 0 N–H and O–H groups in total. The molecule has 2 saturated heterocycles. The summed E-state index contributed by atoms with van der Waals surface area (Å²) in [7, 11) is 0. The Morgan fingerprint density at radius 2 is 2.35 bits per heavy atom. The summed E-state index contributed by atoms with van der Waals surface area (Å²) >= 11 is 5.89. The predicted molar refractivity (Wildman–Crippen MR) is 74.5 cm³/mol. The first-order valence-electron chi connectivity index (χ1n) is 6.96.